The van der Waals surface area contributed by atoms with Crippen molar-refractivity contribution in [2.45, 2.75) is 78.7 Å². The Morgan fingerprint density at radius 2 is 2.05 bits per heavy atom. The molecule has 0 aromatic carbocycles. The molecule has 110 valence electrons. The Labute approximate surface area is 118 Å². The number of ether oxygens (including phenoxy) is 1. The average molecular weight is 266 g/mol. The number of unbranched alkanes of at least 4 members (excludes halogenated alkanes) is 1. The van der Waals surface area contributed by atoms with Gasteiger partial charge in [0.05, 0.1) is 5.92 Å². The van der Waals surface area contributed by atoms with Crippen molar-refractivity contribution in [2.75, 3.05) is 0 Å². The summed E-state index contributed by atoms with van der Waals surface area (Å²) in [7, 11) is 0. The lowest BCUT2D eigenvalue weighted by Crippen LogP contribution is -2.32. The Balaban J connectivity index is 1.84. The molecule has 0 heterocycles. The molecule has 2 bridgehead atoms. The summed E-state index contributed by atoms with van der Waals surface area (Å²) < 4.78 is 5.85. The molecule has 2 aliphatic rings. The van der Waals surface area contributed by atoms with Gasteiger partial charge in [0.1, 0.15) is 6.10 Å². The molecule has 4 unspecified atom stereocenters. The van der Waals surface area contributed by atoms with Gasteiger partial charge in [0.15, 0.2) is 0 Å². The number of esters is 1. The fourth-order valence-electron chi connectivity index (χ4n) is 4.11. The van der Waals surface area contributed by atoms with Crippen LogP contribution in [-0.2, 0) is 9.53 Å². The van der Waals surface area contributed by atoms with Crippen LogP contribution in [0.5, 0.6) is 0 Å². The zero-order chi connectivity index (χ0) is 14.0. The summed E-state index contributed by atoms with van der Waals surface area (Å²) in [6.45, 7) is 9.01. The predicted octanol–water partition coefficient (Wildman–Crippen LogP) is 4.57. The molecule has 0 amide bonds. The molecule has 0 N–H and O–H groups in total. The molecule has 2 aliphatic carbocycles. The average Bonchev–Trinajstić information content (AvgIpc) is 2.85. The summed E-state index contributed by atoms with van der Waals surface area (Å²) >= 11 is 0. The summed E-state index contributed by atoms with van der Waals surface area (Å²) in [5, 5.41) is 0. The van der Waals surface area contributed by atoms with E-state index < -0.39 is 0 Å². The van der Waals surface area contributed by atoms with Crippen molar-refractivity contribution >= 4 is 5.97 Å². The molecule has 2 nitrogen and oxygen atoms in total. The largest absolute Gasteiger partial charge is 0.462 e. The number of hydrogen-bond acceptors (Lipinski definition) is 2. The molecular formula is C17H30O2. The molecular weight excluding hydrogens is 236 g/mol. The van der Waals surface area contributed by atoms with Gasteiger partial charge in [-0.3, -0.25) is 4.79 Å². The molecule has 19 heavy (non-hydrogen) atoms. The highest BCUT2D eigenvalue weighted by atomic mass is 16.5. The number of carbonyl (C=O) groups is 1. The monoisotopic (exact) mass is 266 g/mol. The Morgan fingerprint density at radius 1 is 1.32 bits per heavy atom. The van der Waals surface area contributed by atoms with E-state index in [-0.39, 0.29) is 18.0 Å². The Hall–Kier alpha value is -0.530. The first-order valence-electron chi connectivity index (χ1n) is 8.18. The lowest BCUT2D eigenvalue weighted by Gasteiger charge is -2.34. The van der Waals surface area contributed by atoms with Gasteiger partial charge in [-0.25, -0.2) is 0 Å². The molecule has 4 atom stereocenters. The Kier molecular flexibility index (Phi) is 4.58. The van der Waals surface area contributed by atoms with E-state index >= 15 is 0 Å². The standard InChI is InChI=1S/C17H30O2/c1-5-7-8-12(6-2)16(18)19-15-10-14-9-13(15)11-17(14,3)4/h12-15H,5-11H2,1-4H3. The molecule has 2 heteroatoms. The van der Waals surface area contributed by atoms with Crippen molar-refractivity contribution in [3.8, 4) is 0 Å². The van der Waals surface area contributed by atoms with Crippen LogP contribution < -0.4 is 0 Å². The van der Waals surface area contributed by atoms with Crippen LogP contribution in [0.1, 0.15) is 72.6 Å². The van der Waals surface area contributed by atoms with Crippen LogP contribution in [-0.4, -0.2) is 12.1 Å². The van der Waals surface area contributed by atoms with Crippen LogP contribution in [0.4, 0.5) is 0 Å². The number of carbonyl (C=O) groups excluding carboxylic acids is 1. The highest BCUT2D eigenvalue weighted by molar-refractivity contribution is 5.72. The molecule has 0 aromatic heterocycles. The third-order valence-corrected chi connectivity index (χ3v) is 5.52. The van der Waals surface area contributed by atoms with E-state index in [1.54, 1.807) is 0 Å². The van der Waals surface area contributed by atoms with Crippen molar-refractivity contribution in [1.29, 1.82) is 0 Å². The third kappa shape index (κ3) is 3.14. The van der Waals surface area contributed by atoms with Crippen LogP contribution in [0.3, 0.4) is 0 Å². The van der Waals surface area contributed by atoms with Gasteiger partial charge < -0.3 is 4.74 Å². The predicted molar refractivity (Wildman–Crippen MR) is 77.8 cm³/mol. The van der Waals surface area contributed by atoms with Gasteiger partial charge >= 0.3 is 5.97 Å². The zero-order valence-corrected chi connectivity index (χ0v) is 13.1. The van der Waals surface area contributed by atoms with Crippen molar-refractivity contribution in [3.05, 3.63) is 0 Å². The Morgan fingerprint density at radius 3 is 2.53 bits per heavy atom. The van der Waals surface area contributed by atoms with E-state index in [1.165, 1.54) is 12.8 Å². The first-order valence-corrected chi connectivity index (χ1v) is 8.18. The van der Waals surface area contributed by atoms with Gasteiger partial charge in [-0.15, -0.1) is 0 Å². The maximum Gasteiger partial charge on any atom is 0.309 e. The molecule has 2 rings (SSSR count). The van der Waals surface area contributed by atoms with E-state index in [1.807, 2.05) is 0 Å². The summed E-state index contributed by atoms with van der Waals surface area (Å²) in [6.07, 6.45) is 8.06. The van der Waals surface area contributed by atoms with Crippen molar-refractivity contribution in [1.82, 2.24) is 0 Å². The quantitative estimate of drug-likeness (QED) is 0.658. The van der Waals surface area contributed by atoms with Gasteiger partial charge in [0.25, 0.3) is 0 Å². The third-order valence-electron chi connectivity index (χ3n) is 5.52. The Bertz CT molecular complexity index is 321. The van der Waals surface area contributed by atoms with Gasteiger partial charge in [0.2, 0.25) is 0 Å². The topological polar surface area (TPSA) is 26.3 Å². The zero-order valence-electron chi connectivity index (χ0n) is 13.1. The van der Waals surface area contributed by atoms with Crippen LogP contribution in [0.25, 0.3) is 0 Å². The maximum atomic E-state index is 12.3. The van der Waals surface area contributed by atoms with Crippen molar-refractivity contribution in [3.63, 3.8) is 0 Å². The number of hydrogen-bond donors (Lipinski definition) is 0. The lowest BCUT2D eigenvalue weighted by molar-refractivity contribution is -0.158. The second kappa shape index (κ2) is 5.85. The first kappa shape index (κ1) is 14.9. The highest BCUT2D eigenvalue weighted by Gasteiger charge is 2.51. The maximum absolute atomic E-state index is 12.3. The highest BCUT2D eigenvalue weighted by Crippen LogP contribution is 2.56. The smallest absolute Gasteiger partial charge is 0.309 e. The number of fused-ring (bicyclic) bond motifs is 2. The van der Waals surface area contributed by atoms with Gasteiger partial charge in [-0.2, -0.15) is 0 Å². The van der Waals surface area contributed by atoms with E-state index in [0.29, 0.717) is 11.3 Å². The van der Waals surface area contributed by atoms with Crippen LogP contribution in [0.2, 0.25) is 0 Å². The minimum absolute atomic E-state index is 0.0753. The minimum atomic E-state index is 0.0753. The summed E-state index contributed by atoms with van der Waals surface area (Å²) in [6, 6.07) is 0. The lowest BCUT2D eigenvalue weighted by atomic mass is 9.76. The summed E-state index contributed by atoms with van der Waals surface area (Å²) in [5.74, 6) is 1.61. The fourth-order valence-corrected chi connectivity index (χ4v) is 4.11. The van der Waals surface area contributed by atoms with Gasteiger partial charge in [0, 0.05) is 0 Å². The fraction of sp³-hybridized carbons (Fsp3) is 0.941. The van der Waals surface area contributed by atoms with Gasteiger partial charge in [-0.05, 0) is 49.4 Å². The van der Waals surface area contributed by atoms with E-state index in [2.05, 4.69) is 27.7 Å². The van der Waals surface area contributed by atoms with Crippen LogP contribution >= 0.6 is 0 Å². The molecule has 0 spiro atoms. The molecule has 2 fully saturated rings. The van der Waals surface area contributed by atoms with Gasteiger partial charge in [-0.1, -0.05) is 40.5 Å². The summed E-state index contributed by atoms with van der Waals surface area (Å²) in [4.78, 5) is 12.3. The van der Waals surface area contributed by atoms with Crippen molar-refractivity contribution < 1.29 is 9.53 Å². The van der Waals surface area contributed by atoms with Crippen LogP contribution in [0.15, 0.2) is 0 Å². The summed E-state index contributed by atoms with van der Waals surface area (Å²) in [5.41, 5.74) is 0.472. The van der Waals surface area contributed by atoms with E-state index in [0.717, 1.165) is 38.0 Å². The molecule has 0 radical (unpaired) electrons. The SMILES string of the molecule is CCCCC(CC)C(=O)OC1CC2CC1CC2(C)C. The normalized spacial score (nSPS) is 33.4. The molecule has 0 saturated heterocycles. The molecule has 0 aliphatic heterocycles. The number of rotatable bonds is 6. The van der Waals surface area contributed by atoms with Crippen molar-refractivity contribution in [2.24, 2.45) is 23.2 Å². The van der Waals surface area contributed by atoms with Crippen LogP contribution in [0, 0.1) is 23.2 Å². The molecule has 0 aromatic rings. The molecule has 2 saturated carbocycles. The van der Waals surface area contributed by atoms with E-state index in [9.17, 15) is 4.79 Å². The second-order valence-corrected chi connectivity index (χ2v) is 7.34. The minimum Gasteiger partial charge on any atom is -0.462 e. The van der Waals surface area contributed by atoms with E-state index in [4.69, 9.17) is 4.74 Å². The second-order valence-electron chi connectivity index (χ2n) is 7.34. The first-order chi connectivity index (χ1) is 8.97.